The van der Waals surface area contributed by atoms with Crippen LogP contribution >= 0.6 is 11.3 Å². The lowest BCUT2D eigenvalue weighted by molar-refractivity contribution is 0.102. The molecule has 0 atom stereocenters. The maximum absolute atomic E-state index is 11.8. The molecule has 0 amide bonds. The number of pyridine rings is 3. The normalized spacial score (nSPS) is 11.6. The van der Waals surface area contributed by atoms with E-state index in [0.717, 1.165) is 59.9 Å². The van der Waals surface area contributed by atoms with Gasteiger partial charge in [0.15, 0.2) is 11.4 Å². The highest BCUT2D eigenvalue weighted by atomic mass is 32.1. The highest BCUT2D eigenvalue weighted by molar-refractivity contribution is 7.17. The number of hydrogen-bond acceptors (Lipinski definition) is 7. The molecule has 0 aliphatic rings. The SMILES string of the molecule is CC(=O)c1ccc(-c2ccnc3[nH]c(-c4n[nH]c5ncc(-c6cncc(NC(C)C)c6)cc45)cc23)s1. The second kappa shape index (κ2) is 8.69. The molecule has 36 heavy (non-hydrogen) atoms. The van der Waals surface area contributed by atoms with Crippen LogP contribution in [0.4, 0.5) is 5.69 Å². The Balaban J connectivity index is 1.43. The van der Waals surface area contributed by atoms with E-state index in [4.69, 9.17) is 0 Å². The molecule has 0 saturated heterocycles. The van der Waals surface area contributed by atoms with Crippen molar-refractivity contribution < 1.29 is 4.79 Å². The zero-order valence-electron chi connectivity index (χ0n) is 20.0. The molecule has 0 radical (unpaired) electrons. The van der Waals surface area contributed by atoms with Crippen LogP contribution in [0, 0.1) is 0 Å². The van der Waals surface area contributed by atoms with E-state index < -0.39 is 0 Å². The average molecular weight is 494 g/mol. The van der Waals surface area contributed by atoms with E-state index in [1.165, 1.54) is 11.3 Å². The summed E-state index contributed by atoms with van der Waals surface area (Å²) in [6.07, 6.45) is 7.26. The van der Waals surface area contributed by atoms with Crippen LogP contribution in [0.5, 0.6) is 0 Å². The molecule has 0 fully saturated rings. The van der Waals surface area contributed by atoms with Crippen LogP contribution in [-0.4, -0.2) is 42.0 Å². The van der Waals surface area contributed by atoms with E-state index in [1.54, 1.807) is 13.1 Å². The van der Waals surface area contributed by atoms with Crippen LogP contribution < -0.4 is 5.32 Å². The summed E-state index contributed by atoms with van der Waals surface area (Å²) < 4.78 is 0. The predicted molar refractivity (Wildman–Crippen MR) is 144 cm³/mol. The third-order valence-corrected chi connectivity index (χ3v) is 7.17. The first-order valence-corrected chi connectivity index (χ1v) is 12.4. The molecule has 178 valence electrons. The highest BCUT2D eigenvalue weighted by Crippen LogP contribution is 2.36. The Morgan fingerprint density at radius 3 is 2.64 bits per heavy atom. The van der Waals surface area contributed by atoms with Gasteiger partial charge in [-0.1, -0.05) is 0 Å². The van der Waals surface area contributed by atoms with E-state index in [9.17, 15) is 4.79 Å². The summed E-state index contributed by atoms with van der Waals surface area (Å²) in [7, 11) is 0. The fourth-order valence-corrected chi connectivity index (χ4v) is 5.26. The summed E-state index contributed by atoms with van der Waals surface area (Å²) in [6.45, 7) is 5.78. The van der Waals surface area contributed by atoms with Gasteiger partial charge in [0.25, 0.3) is 0 Å². The largest absolute Gasteiger partial charge is 0.382 e. The molecule has 0 bridgehead atoms. The summed E-state index contributed by atoms with van der Waals surface area (Å²) in [5.74, 6) is 0.0679. The number of nitrogens with one attached hydrogen (secondary N) is 3. The molecule has 0 aliphatic carbocycles. The number of aromatic amines is 2. The lowest BCUT2D eigenvalue weighted by atomic mass is 10.1. The van der Waals surface area contributed by atoms with Crippen LogP contribution in [0.3, 0.4) is 0 Å². The molecule has 0 saturated carbocycles. The van der Waals surface area contributed by atoms with Crippen molar-refractivity contribution in [1.29, 1.82) is 0 Å². The van der Waals surface area contributed by atoms with Crippen molar-refractivity contribution in [1.82, 2.24) is 30.1 Å². The van der Waals surface area contributed by atoms with E-state index in [1.807, 2.05) is 36.8 Å². The third kappa shape index (κ3) is 3.93. The van der Waals surface area contributed by atoms with Gasteiger partial charge in [0.1, 0.15) is 11.3 Å². The van der Waals surface area contributed by atoms with Gasteiger partial charge >= 0.3 is 0 Å². The molecular weight excluding hydrogens is 470 g/mol. The Morgan fingerprint density at radius 1 is 0.972 bits per heavy atom. The van der Waals surface area contributed by atoms with Crippen LogP contribution in [0.15, 0.2) is 61.2 Å². The Hall–Kier alpha value is -4.37. The number of Topliss-reactive ketones (excluding diaryl/α,β-unsaturated/α-hetero) is 1. The topological polar surface area (TPSA) is 112 Å². The number of anilines is 1. The number of carbonyl (C=O) groups is 1. The van der Waals surface area contributed by atoms with E-state index in [2.05, 4.69) is 67.5 Å². The minimum Gasteiger partial charge on any atom is -0.382 e. The molecule has 0 spiro atoms. The first-order chi connectivity index (χ1) is 17.5. The lowest BCUT2D eigenvalue weighted by Crippen LogP contribution is -2.09. The Bertz CT molecular complexity index is 1740. The summed E-state index contributed by atoms with van der Waals surface area (Å²) >= 11 is 1.49. The Labute approximate surface area is 210 Å². The first kappa shape index (κ1) is 22.1. The molecule has 8 nitrogen and oxygen atoms in total. The number of ketones is 1. The molecule has 6 aromatic rings. The molecule has 6 aromatic heterocycles. The predicted octanol–water partition coefficient (Wildman–Crippen LogP) is 6.31. The zero-order valence-corrected chi connectivity index (χ0v) is 20.8. The van der Waals surface area contributed by atoms with Gasteiger partial charge in [-0.2, -0.15) is 5.10 Å². The van der Waals surface area contributed by atoms with E-state index in [-0.39, 0.29) is 5.78 Å². The van der Waals surface area contributed by atoms with Crippen molar-refractivity contribution in [2.24, 2.45) is 0 Å². The summed E-state index contributed by atoms with van der Waals surface area (Å²) in [5, 5.41) is 12.9. The number of hydrogen-bond donors (Lipinski definition) is 3. The van der Waals surface area contributed by atoms with Gasteiger partial charge in [0.05, 0.1) is 16.3 Å². The van der Waals surface area contributed by atoms with Gasteiger partial charge in [-0.05, 0) is 57.2 Å². The minimum atomic E-state index is 0.0679. The van der Waals surface area contributed by atoms with Gasteiger partial charge in [0, 0.05) is 63.2 Å². The van der Waals surface area contributed by atoms with Crippen molar-refractivity contribution in [3.63, 3.8) is 0 Å². The van der Waals surface area contributed by atoms with Gasteiger partial charge in [-0.3, -0.25) is 14.9 Å². The van der Waals surface area contributed by atoms with Gasteiger partial charge in [-0.15, -0.1) is 11.3 Å². The first-order valence-electron chi connectivity index (χ1n) is 11.6. The maximum Gasteiger partial charge on any atom is 0.169 e. The molecular formula is C27H23N7OS. The van der Waals surface area contributed by atoms with Crippen LogP contribution in [0.25, 0.3) is 55.0 Å². The molecule has 6 heterocycles. The zero-order chi connectivity index (χ0) is 24.8. The number of H-pyrrole nitrogens is 2. The molecule has 0 aromatic carbocycles. The highest BCUT2D eigenvalue weighted by Gasteiger charge is 2.17. The number of thiophene rings is 1. The van der Waals surface area contributed by atoms with E-state index in [0.29, 0.717) is 11.7 Å². The van der Waals surface area contributed by atoms with E-state index >= 15 is 0 Å². The number of aromatic nitrogens is 6. The molecule has 9 heteroatoms. The number of rotatable bonds is 6. The summed E-state index contributed by atoms with van der Waals surface area (Å²) in [6, 6.07) is 12.4. The number of carbonyl (C=O) groups excluding carboxylic acids is 1. The molecule has 0 unspecified atom stereocenters. The van der Waals surface area contributed by atoms with Crippen LogP contribution in [0.2, 0.25) is 0 Å². The van der Waals surface area contributed by atoms with Gasteiger partial charge in [-0.25, -0.2) is 9.97 Å². The van der Waals surface area contributed by atoms with Crippen molar-refractivity contribution in [3.8, 4) is 33.0 Å². The summed E-state index contributed by atoms with van der Waals surface area (Å²) in [5.41, 5.74) is 6.99. The van der Waals surface area contributed by atoms with Crippen LogP contribution in [0.1, 0.15) is 30.4 Å². The van der Waals surface area contributed by atoms with Crippen molar-refractivity contribution in [2.75, 3.05) is 5.32 Å². The number of nitrogens with zero attached hydrogens (tertiary/aromatic N) is 4. The van der Waals surface area contributed by atoms with Gasteiger partial charge < -0.3 is 10.3 Å². The maximum atomic E-state index is 11.8. The second-order valence-corrected chi connectivity index (χ2v) is 10.1. The standard InChI is InChI=1S/C27H23N7OS/c1-14(2)31-18-8-16(11-28-13-18)17-9-21-25(33-34-27(21)30-12-17)22-10-20-19(6-7-29-26(20)32-22)24-5-4-23(36-24)15(3)35/h4-14,31H,1-3H3,(H,29,32)(H,30,33,34). The Kier molecular flexibility index (Phi) is 5.34. The third-order valence-electron chi connectivity index (χ3n) is 5.95. The molecule has 6 rings (SSSR count). The molecule has 0 aliphatic heterocycles. The minimum absolute atomic E-state index is 0.0679. The van der Waals surface area contributed by atoms with Crippen LogP contribution in [-0.2, 0) is 0 Å². The van der Waals surface area contributed by atoms with Gasteiger partial charge in [0.2, 0.25) is 0 Å². The van der Waals surface area contributed by atoms with Crippen molar-refractivity contribution in [3.05, 3.63) is 66.1 Å². The second-order valence-electron chi connectivity index (χ2n) is 8.98. The number of fused-ring (bicyclic) bond motifs is 2. The smallest absolute Gasteiger partial charge is 0.169 e. The quantitative estimate of drug-likeness (QED) is 0.234. The molecule has 3 N–H and O–H groups in total. The van der Waals surface area contributed by atoms with Crippen molar-refractivity contribution in [2.45, 2.75) is 26.8 Å². The fourth-order valence-electron chi connectivity index (χ4n) is 4.32. The Morgan fingerprint density at radius 2 is 1.83 bits per heavy atom. The fraction of sp³-hybridized carbons (Fsp3) is 0.148. The van der Waals surface area contributed by atoms with Crippen molar-refractivity contribution >= 4 is 44.9 Å². The average Bonchev–Trinajstić information content (AvgIpc) is 3.60. The lowest BCUT2D eigenvalue weighted by Gasteiger charge is -2.10. The summed E-state index contributed by atoms with van der Waals surface area (Å²) in [4.78, 5) is 30.5. The monoisotopic (exact) mass is 493 g/mol.